The van der Waals surface area contributed by atoms with Crippen molar-refractivity contribution in [3.05, 3.63) is 0 Å². The van der Waals surface area contributed by atoms with E-state index in [1.165, 1.54) is 97.0 Å². The molecule has 0 saturated heterocycles. The Kier molecular flexibility index (Phi) is 17.4. The first-order chi connectivity index (χ1) is 11.2. The predicted molar refractivity (Wildman–Crippen MR) is 101 cm³/mol. The van der Waals surface area contributed by atoms with Gasteiger partial charge >= 0.3 is 5.97 Å². The zero-order valence-corrected chi connectivity index (χ0v) is 16.2. The Hall–Kier alpha value is -0.530. The first-order valence-electron chi connectivity index (χ1n) is 10.3. The summed E-state index contributed by atoms with van der Waals surface area (Å²) < 4.78 is 4.65. The molecule has 0 aliphatic carbocycles. The number of carbonyl (C=O) groups is 1. The third-order valence-electron chi connectivity index (χ3n) is 4.86. The van der Waals surface area contributed by atoms with Gasteiger partial charge in [0.2, 0.25) is 0 Å². The summed E-state index contributed by atoms with van der Waals surface area (Å²) in [6.07, 6.45) is 20.9. The van der Waals surface area contributed by atoms with Gasteiger partial charge in [0.1, 0.15) is 0 Å². The van der Waals surface area contributed by atoms with E-state index in [4.69, 9.17) is 0 Å². The van der Waals surface area contributed by atoms with E-state index in [9.17, 15) is 4.79 Å². The summed E-state index contributed by atoms with van der Waals surface area (Å²) in [7, 11) is 1.47. The van der Waals surface area contributed by atoms with Gasteiger partial charge in [0, 0.05) is 6.42 Å². The fourth-order valence-corrected chi connectivity index (χ4v) is 3.17. The number of hydrogen-bond donors (Lipinski definition) is 0. The van der Waals surface area contributed by atoms with Crippen LogP contribution in [0.4, 0.5) is 0 Å². The number of methoxy groups -OCH3 is 1. The van der Waals surface area contributed by atoms with E-state index in [0.717, 1.165) is 12.3 Å². The molecule has 0 aliphatic heterocycles. The smallest absolute Gasteiger partial charge is 0.305 e. The van der Waals surface area contributed by atoms with Crippen molar-refractivity contribution >= 4 is 5.97 Å². The van der Waals surface area contributed by atoms with Crippen LogP contribution in [0.15, 0.2) is 0 Å². The third-order valence-corrected chi connectivity index (χ3v) is 4.86. The normalized spacial score (nSPS) is 12.3. The molecule has 0 bridgehead atoms. The maximum Gasteiger partial charge on any atom is 0.305 e. The second kappa shape index (κ2) is 17.8. The van der Waals surface area contributed by atoms with Gasteiger partial charge in [-0.05, 0) is 12.3 Å². The van der Waals surface area contributed by atoms with Crippen molar-refractivity contribution in [2.75, 3.05) is 7.11 Å². The Bertz CT molecular complexity index is 250. The van der Waals surface area contributed by atoms with Crippen LogP contribution in [0.5, 0.6) is 0 Å². The lowest BCUT2D eigenvalue weighted by molar-refractivity contribution is -0.140. The second-order valence-electron chi connectivity index (χ2n) is 7.25. The molecule has 0 N–H and O–H groups in total. The molecule has 2 nitrogen and oxygen atoms in total. The number of unbranched alkanes of at least 4 members (excludes halogenated alkanes) is 11. The van der Waals surface area contributed by atoms with E-state index in [2.05, 4.69) is 18.6 Å². The van der Waals surface area contributed by atoms with Crippen molar-refractivity contribution in [2.24, 2.45) is 5.92 Å². The van der Waals surface area contributed by atoms with Crippen molar-refractivity contribution < 1.29 is 9.53 Å². The standard InChI is InChI=1S/C21H42O2/c1-4-5-6-7-11-14-17-20(2)18-15-12-9-8-10-13-16-19-21(22)23-3/h20H,4-19H2,1-3H3. The molecule has 0 spiro atoms. The van der Waals surface area contributed by atoms with Gasteiger partial charge in [0.25, 0.3) is 0 Å². The number of carbonyl (C=O) groups excluding carboxylic acids is 1. The fraction of sp³-hybridized carbons (Fsp3) is 0.952. The van der Waals surface area contributed by atoms with Gasteiger partial charge in [0.15, 0.2) is 0 Å². The van der Waals surface area contributed by atoms with E-state index >= 15 is 0 Å². The van der Waals surface area contributed by atoms with Gasteiger partial charge in [-0.2, -0.15) is 0 Å². The highest BCUT2D eigenvalue weighted by atomic mass is 16.5. The average molecular weight is 327 g/mol. The van der Waals surface area contributed by atoms with E-state index in [-0.39, 0.29) is 5.97 Å². The van der Waals surface area contributed by atoms with Gasteiger partial charge in [-0.3, -0.25) is 4.79 Å². The molecule has 0 rings (SSSR count). The molecule has 0 saturated carbocycles. The number of ether oxygens (including phenoxy) is 1. The molecule has 2 heteroatoms. The van der Waals surface area contributed by atoms with Gasteiger partial charge < -0.3 is 4.74 Å². The average Bonchev–Trinajstić information content (AvgIpc) is 2.56. The van der Waals surface area contributed by atoms with Crippen molar-refractivity contribution in [3.8, 4) is 0 Å². The van der Waals surface area contributed by atoms with Crippen LogP contribution in [-0.2, 0) is 9.53 Å². The highest BCUT2D eigenvalue weighted by molar-refractivity contribution is 5.68. The molecule has 138 valence electrons. The highest BCUT2D eigenvalue weighted by Crippen LogP contribution is 2.18. The maximum atomic E-state index is 11.0. The minimum absolute atomic E-state index is 0.0654. The summed E-state index contributed by atoms with van der Waals surface area (Å²) in [4.78, 5) is 11.0. The summed E-state index contributed by atoms with van der Waals surface area (Å²) in [5, 5.41) is 0. The largest absolute Gasteiger partial charge is 0.469 e. The highest BCUT2D eigenvalue weighted by Gasteiger charge is 2.02. The summed E-state index contributed by atoms with van der Waals surface area (Å²) in [6, 6.07) is 0. The molecule has 0 heterocycles. The molecular formula is C21H42O2. The van der Waals surface area contributed by atoms with Crippen LogP contribution >= 0.6 is 0 Å². The third kappa shape index (κ3) is 17.7. The Balaban J connectivity index is 3.17. The molecule has 0 aliphatic rings. The van der Waals surface area contributed by atoms with E-state index in [1.54, 1.807) is 0 Å². The molecular weight excluding hydrogens is 284 g/mol. The Labute approximate surface area is 145 Å². The van der Waals surface area contributed by atoms with E-state index in [1.807, 2.05) is 0 Å². The van der Waals surface area contributed by atoms with Gasteiger partial charge in [0.05, 0.1) is 7.11 Å². The molecule has 0 amide bonds. The van der Waals surface area contributed by atoms with Gasteiger partial charge in [-0.15, -0.1) is 0 Å². The zero-order valence-electron chi connectivity index (χ0n) is 16.2. The van der Waals surface area contributed by atoms with Crippen molar-refractivity contribution in [1.29, 1.82) is 0 Å². The molecule has 1 unspecified atom stereocenters. The molecule has 0 radical (unpaired) electrons. The van der Waals surface area contributed by atoms with Crippen LogP contribution in [-0.4, -0.2) is 13.1 Å². The Morgan fingerprint density at radius 2 is 1.17 bits per heavy atom. The molecule has 0 aromatic heterocycles. The van der Waals surface area contributed by atoms with Gasteiger partial charge in [-0.1, -0.05) is 104 Å². The molecule has 1 atom stereocenters. The quantitative estimate of drug-likeness (QED) is 0.211. The zero-order chi connectivity index (χ0) is 17.2. The second-order valence-corrected chi connectivity index (χ2v) is 7.25. The van der Waals surface area contributed by atoms with Crippen LogP contribution in [0, 0.1) is 5.92 Å². The molecule has 23 heavy (non-hydrogen) atoms. The lowest BCUT2D eigenvalue weighted by atomic mass is 9.96. The summed E-state index contributed by atoms with van der Waals surface area (Å²) in [6.45, 7) is 4.71. The minimum atomic E-state index is -0.0654. The number of esters is 1. The fourth-order valence-electron chi connectivity index (χ4n) is 3.17. The maximum absolute atomic E-state index is 11.0. The van der Waals surface area contributed by atoms with Crippen LogP contribution in [0.2, 0.25) is 0 Å². The van der Waals surface area contributed by atoms with Crippen LogP contribution in [0.1, 0.15) is 117 Å². The first-order valence-corrected chi connectivity index (χ1v) is 10.3. The van der Waals surface area contributed by atoms with Crippen LogP contribution in [0.25, 0.3) is 0 Å². The van der Waals surface area contributed by atoms with E-state index in [0.29, 0.717) is 6.42 Å². The summed E-state index contributed by atoms with van der Waals surface area (Å²) >= 11 is 0. The minimum Gasteiger partial charge on any atom is -0.469 e. The van der Waals surface area contributed by atoms with Crippen molar-refractivity contribution in [2.45, 2.75) is 117 Å². The molecule has 0 aromatic rings. The Morgan fingerprint density at radius 1 is 0.739 bits per heavy atom. The number of hydrogen-bond acceptors (Lipinski definition) is 2. The monoisotopic (exact) mass is 326 g/mol. The van der Waals surface area contributed by atoms with Crippen LogP contribution in [0.3, 0.4) is 0 Å². The topological polar surface area (TPSA) is 26.3 Å². The molecule has 0 fully saturated rings. The van der Waals surface area contributed by atoms with Gasteiger partial charge in [-0.25, -0.2) is 0 Å². The van der Waals surface area contributed by atoms with Crippen molar-refractivity contribution in [1.82, 2.24) is 0 Å². The number of rotatable bonds is 17. The van der Waals surface area contributed by atoms with E-state index < -0.39 is 0 Å². The SMILES string of the molecule is CCCCCCCCC(C)CCCCCCCCCC(=O)OC. The summed E-state index contributed by atoms with van der Waals surface area (Å²) in [5.41, 5.74) is 0. The van der Waals surface area contributed by atoms with Crippen LogP contribution < -0.4 is 0 Å². The molecule has 0 aromatic carbocycles. The van der Waals surface area contributed by atoms with Crippen molar-refractivity contribution in [3.63, 3.8) is 0 Å². The lowest BCUT2D eigenvalue weighted by Gasteiger charge is -2.11. The lowest BCUT2D eigenvalue weighted by Crippen LogP contribution is -1.99. The first kappa shape index (κ1) is 22.5. The predicted octanol–water partition coefficient (Wildman–Crippen LogP) is 7.06. The summed E-state index contributed by atoms with van der Waals surface area (Å²) in [5.74, 6) is 0.852. The Morgan fingerprint density at radius 3 is 1.65 bits per heavy atom.